The zero-order valence-electron chi connectivity index (χ0n) is 12.1. The first-order valence-electron chi connectivity index (χ1n) is 5.91. The summed E-state index contributed by atoms with van der Waals surface area (Å²) in [4.78, 5) is 9.52. The first-order valence-corrected chi connectivity index (χ1v) is 9.24. The highest BCUT2D eigenvalue weighted by atomic mass is 32.2. The highest BCUT2D eigenvalue weighted by Gasteiger charge is 2.54. The van der Waals surface area contributed by atoms with Crippen LogP contribution in [-0.2, 0) is 20.0 Å². The van der Waals surface area contributed by atoms with Crippen LogP contribution in [0.2, 0.25) is 0 Å². The van der Waals surface area contributed by atoms with Gasteiger partial charge in [-0.25, -0.2) is 4.31 Å². The summed E-state index contributed by atoms with van der Waals surface area (Å²) in [5.41, 5.74) is -13.9. The summed E-state index contributed by atoms with van der Waals surface area (Å²) in [7, 11) is -12.9. The van der Waals surface area contributed by atoms with E-state index in [2.05, 4.69) is 12.2 Å². The smallest absolute Gasteiger partial charge is 0.258 e. The van der Waals surface area contributed by atoms with Crippen LogP contribution in [-0.4, -0.2) is 37.9 Å². The van der Waals surface area contributed by atoms with E-state index in [1.54, 1.807) is 0 Å². The summed E-state index contributed by atoms with van der Waals surface area (Å²) >= 11 is 4.10. The third kappa shape index (κ3) is 4.75. The van der Waals surface area contributed by atoms with Crippen LogP contribution in [0.5, 0.6) is 0 Å². The third-order valence-electron chi connectivity index (χ3n) is 2.54. The van der Waals surface area contributed by atoms with Gasteiger partial charge in [-0.1, -0.05) is 0 Å². The molecule has 0 amide bonds. The minimum Gasteiger partial charge on any atom is -0.258 e. The van der Waals surface area contributed by atoms with Crippen molar-refractivity contribution in [2.75, 3.05) is 4.31 Å². The molecule has 0 radical (unpaired) electrons. The lowest BCUT2D eigenvalue weighted by molar-refractivity contribution is -0.384. The standard InChI is InChI=1S/C9H5F6N3O6S3/c10-8(11,12)26(21,22)16-7(25)17(27(23,24)9(13,14)15)5-1-3-6(4-2-5)18(19)20/h1-4H,(H,16,25). The van der Waals surface area contributed by atoms with Gasteiger partial charge in [0.2, 0.25) is 5.11 Å². The van der Waals surface area contributed by atoms with Crippen molar-refractivity contribution in [1.29, 1.82) is 0 Å². The lowest BCUT2D eigenvalue weighted by Gasteiger charge is -2.26. The highest BCUT2D eigenvalue weighted by Crippen LogP contribution is 2.32. The van der Waals surface area contributed by atoms with Gasteiger partial charge in [-0.2, -0.15) is 43.2 Å². The summed E-state index contributed by atoms with van der Waals surface area (Å²) in [6.07, 6.45) is 0. The Bertz CT molecular complexity index is 955. The van der Waals surface area contributed by atoms with Gasteiger partial charge in [-0.05, 0) is 24.4 Å². The Kier molecular flexibility index (Phi) is 5.98. The van der Waals surface area contributed by atoms with E-state index in [9.17, 15) is 53.3 Å². The second-order valence-corrected chi connectivity index (χ2v) is 8.18. The van der Waals surface area contributed by atoms with Gasteiger partial charge < -0.3 is 0 Å². The van der Waals surface area contributed by atoms with E-state index in [-0.39, 0.29) is 0 Å². The molecule has 0 spiro atoms. The topological polar surface area (TPSA) is 127 Å². The fourth-order valence-electron chi connectivity index (χ4n) is 1.39. The van der Waals surface area contributed by atoms with E-state index >= 15 is 0 Å². The van der Waals surface area contributed by atoms with E-state index in [4.69, 9.17) is 0 Å². The molecule has 0 aliphatic carbocycles. The molecule has 0 heterocycles. The number of nitro groups is 1. The van der Waals surface area contributed by atoms with Gasteiger partial charge in [0.25, 0.3) is 5.69 Å². The first kappa shape index (κ1) is 22.8. The summed E-state index contributed by atoms with van der Waals surface area (Å²) in [5.74, 6) is 0. The number of hydrogen-bond acceptors (Lipinski definition) is 7. The molecule has 1 aromatic rings. The molecule has 1 rings (SSSR count). The Balaban J connectivity index is 3.53. The van der Waals surface area contributed by atoms with Crippen molar-refractivity contribution in [1.82, 2.24) is 4.72 Å². The number of nitrogens with one attached hydrogen (secondary N) is 1. The van der Waals surface area contributed by atoms with E-state index in [0.29, 0.717) is 29.0 Å². The Morgan fingerprint density at radius 1 is 1.00 bits per heavy atom. The third-order valence-corrected chi connectivity index (χ3v) is 5.60. The van der Waals surface area contributed by atoms with Crippen LogP contribution in [0.25, 0.3) is 0 Å². The van der Waals surface area contributed by atoms with Crippen molar-refractivity contribution in [2.24, 2.45) is 0 Å². The number of sulfonamides is 2. The monoisotopic (exact) mass is 461 g/mol. The summed E-state index contributed by atoms with van der Waals surface area (Å²) in [6, 6.07) is 1.87. The maximum Gasteiger partial charge on any atom is 0.517 e. The normalized spacial score (nSPS) is 13.1. The van der Waals surface area contributed by atoms with Crippen molar-refractivity contribution >= 4 is 48.8 Å². The molecule has 0 saturated heterocycles. The summed E-state index contributed by atoms with van der Waals surface area (Å²) in [5, 5.41) is 8.52. The Morgan fingerprint density at radius 2 is 1.44 bits per heavy atom. The molecule has 18 heteroatoms. The van der Waals surface area contributed by atoms with Crippen LogP contribution in [0.3, 0.4) is 0 Å². The molecule has 1 N–H and O–H groups in total. The van der Waals surface area contributed by atoms with E-state index in [1.165, 1.54) is 0 Å². The second-order valence-electron chi connectivity index (χ2n) is 4.35. The largest absolute Gasteiger partial charge is 0.517 e. The number of halogens is 6. The predicted molar refractivity (Wildman–Crippen MR) is 81.3 cm³/mol. The number of anilines is 1. The number of nitrogens with zero attached hydrogens (tertiary/aromatic N) is 2. The van der Waals surface area contributed by atoms with Gasteiger partial charge in [0.15, 0.2) is 0 Å². The van der Waals surface area contributed by atoms with E-state index in [1.807, 2.05) is 0 Å². The van der Waals surface area contributed by atoms with Crippen molar-refractivity contribution in [3.05, 3.63) is 34.4 Å². The molecule has 152 valence electrons. The second kappa shape index (κ2) is 7.08. The molecule has 0 aliphatic rings. The van der Waals surface area contributed by atoms with Crippen LogP contribution in [0.4, 0.5) is 37.7 Å². The molecule has 0 aromatic heterocycles. The van der Waals surface area contributed by atoms with Crippen LogP contribution in [0.1, 0.15) is 0 Å². The van der Waals surface area contributed by atoms with Crippen LogP contribution < -0.4 is 9.03 Å². The molecular weight excluding hydrogens is 456 g/mol. The van der Waals surface area contributed by atoms with Crippen molar-refractivity contribution in [3.63, 3.8) is 0 Å². The molecule has 1 aromatic carbocycles. The number of hydrogen-bond donors (Lipinski definition) is 1. The number of nitro benzene ring substituents is 1. The van der Waals surface area contributed by atoms with Crippen LogP contribution in [0, 0.1) is 10.1 Å². The Labute approximate surface area is 151 Å². The molecule has 0 bridgehead atoms. The molecule has 0 aliphatic heterocycles. The molecule has 0 unspecified atom stereocenters. The maximum atomic E-state index is 12.8. The van der Waals surface area contributed by atoms with Gasteiger partial charge in [-0.15, -0.1) is 0 Å². The molecule has 9 nitrogen and oxygen atoms in total. The van der Waals surface area contributed by atoms with Crippen LogP contribution >= 0.6 is 12.2 Å². The molecule has 0 saturated carbocycles. The zero-order chi connectivity index (χ0) is 21.4. The molecule has 0 atom stereocenters. The van der Waals surface area contributed by atoms with E-state index < -0.39 is 56.8 Å². The minimum absolute atomic E-state index is 0.412. The fourth-order valence-corrected chi connectivity index (χ4v) is 3.49. The maximum absolute atomic E-state index is 12.8. The average Bonchev–Trinajstić information content (AvgIpc) is 2.44. The first-order chi connectivity index (χ1) is 11.9. The van der Waals surface area contributed by atoms with Gasteiger partial charge in [0, 0.05) is 12.1 Å². The van der Waals surface area contributed by atoms with Crippen molar-refractivity contribution in [3.8, 4) is 0 Å². The number of non-ortho nitro benzene ring substituents is 1. The average molecular weight is 461 g/mol. The molecule has 0 fully saturated rings. The summed E-state index contributed by atoms with van der Waals surface area (Å²) < 4.78 is 120. The number of alkyl halides is 6. The lowest BCUT2D eigenvalue weighted by atomic mass is 10.3. The lowest BCUT2D eigenvalue weighted by Crippen LogP contribution is -2.52. The zero-order valence-corrected chi connectivity index (χ0v) is 14.6. The molecular formula is C9H5F6N3O6S3. The van der Waals surface area contributed by atoms with Gasteiger partial charge in [0.1, 0.15) is 0 Å². The SMILES string of the molecule is O=[N+]([O-])c1ccc(N(C(=S)NS(=O)(=O)C(F)(F)F)S(=O)(=O)C(F)(F)F)cc1. The van der Waals surface area contributed by atoms with Crippen molar-refractivity contribution < 1.29 is 48.1 Å². The predicted octanol–water partition coefficient (Wildman–Crippen LogP) is 1.97. The van der Waals surface area contributed by atoms with Gasteiger partial charge in [0.05, 0.1) is 10.6 Å². The van der Waals surface area contributed by atoms with E-state index in [0.717, 1.165) is 0 Å². The quantitative estimate of drug-likeness (QED) is 0.314. The van der Waals surface area contributed by atoms with Gasteiger partial charge in [-0.3, -0.25) is 14.8 Å². The minimum atomic E-state index is -6.51. The Hall–Kier alpha value is -2.21. The summed E-state index contributed by atoms with van der Waals surface area (Å²) in [6.45, 7) is 0. The fraction of sp³-hybridized carbons (Fsp3) is 0.222. The van der Waals surface area contributed by atoms with Crippen LogP contribution in [0.15, 0.2) is 24.3 Å². The number of benzene rings is 1. The van der Waals surface area contributed by atoms with Crippen molar-refractivity contribution in [2.45, 2.75) is 11.0 Å². The molecule has 27 heavy (non-hydrogen) atoms. The number of thiocarbonyl (C=S) groups is 1. The van der Waals surface area contributed by atoms with Gasteiger partial charge >= 0.3 is 31.1 Å². The number of rotatable bonds is 4. The Morgan fingerprint density at radius 3 is 1.78 bits per heavy atom. The highest BCUT2D eigenvalue weighted by molar-refractivity contribution is 7.97.